The van der Waals surface area contributed by atoms with Crippen molar-refractivity contribution in [2.24, 2.45) is 41.4 Å². The molecule has 0 radical (unpaired) electrons. The number of methoxy groups -OCH3 is 2. The SMILES string of the molecule is CCCCCCNC(=O)CC(CC(=O)CC(CC(=O)C(CC(=O)CC(C)C(=O)NCCOCCOCCOC)CC(=O)NCCOCCOCCOC)C(=O)NCCCCCC)C(=O)CC(CC(=O)CC(CC(=O)N(C)CCN(C)CCN(C)CC(O)COc1ccccc1)C(=O)NCCCC)C(=O)N(C)CCN(C)CCN(C)CC(COc1ccccc1)C(F)(F)F. The molecule has 0 bridgehead atoms. The Labute approximate surface area is 758 Å². The van der Waals surface area contributed by atoms with E-state index in [1.165, 1.54) is 28.7 Å². The van der Waals surface area contributed by atoms with Crippen LogP contribution in [-0.2, 0) is 86.0 Å². The highest BCUT2D eigenvalue weighted by Gasteiger charge is 2.42. The standard InChI is InChI=1S/C93H156F3N11O21/c1-13-16-19-27-34-97-86(114)64-73(58-79(109)59-74(90(118)100-35-28-20-17-14-2)62-84(112)72(65-87(115)98-36-46-123-52-54-125-50-48-121-11)57-78(108)56-71(4)89(117)101-37-47-124-53-55-126-51-49-122-12)85(113)63-76(92(120)107(10)45-43-103(6)38-40-104(7)67-77(93(94,95)96)69-127-82-29-23-21-24-30-82)61-80(110)60-75(91(119)99-33-18-15-3)66-88(116)106(9)44-42-102(5)39-41-105(8)68-81(111)70-128-83-31-25-22-26-32-83/h21-26,29-32,71-77,81,111H,13-20,27-28,33-70H2,1-12H3,(H,97,114)(H,98,115)(H,99,119)(H,100,118)(H,101,117). The first-order valence-electron chi connectivity index (χ1n) is 45.8. The number of carbonyl (C=O) groups excluding carboxylic acids is 12. The van der Waals surface area contributed by atoms with Crippen LogP contribution in [0, 0.1) is 41.4 Å². The van der Waals surface area contributed by atoms with Gasteiger partial charge in [-0.15, -0.1) is 0 Å². The number of ketones is 5. The number of amides is 7. The van der Waals surface area contributed by atoms with Gasteiger partial charge in [0.2, 0.25) is 41.4 Å². The summed E-state index contributed by atoms with van der Waals surface area (Å²) < 4.78 is 86.4. The number of rotatable bonds is 81. The zero-order chi connectivity index (χ0) is 94.9. The lowest BCUT2D eigenvalue weighted by molar-refractivity contribution is -0.185. The van der Waals surface area contributed by atoms with E-state index < -0.39 is 195 Å². The second-order valence-electron chi connectivity index (χ2n) is 33.5. The minimum Gasteiger partial charge on any atom is -0.493 e. The molecule has 0 saturated heterocycles. The number of aliphatic hydroxyl groups is 1. The van der Waals surface area contributed by atoms with Gasteiger partial charge in [-0.2, -0.15) is 13.2 Å². The van der Waals surface area contributed by atoms with Gasteiger partial charge in [0.15, 0.2) is 0 Å². The Morgan fingerprint density at radius 1 is 0.375 bits per heavy atom. The second-order valence-corrected chi connectivity index (χ2v) is 33.5. The molecule has 2 aromatic carbocycles. The van der Waals surface area contributed by atoms with Crippen LogP contribution >= 0.6 is 0 Å². The molecule has 0 heterocycles. The predicted octanol–water partition coefficient (Wildman–Crippen LogP) is 7.08. The number of Topliss-reactive ketones (excluding diaryl/α,β-unsaturated/α-hetero) is 5. The molecule has 6 N–H and O–H groups in total. The Bertz CT molecular complexity index is 3430. The third-order valence-electron chi connectivity index (χ3n) is 21.8. The first-order chi connectivity index (χ1) is 61.2. The van der Waals surface area contributed by atoms with Gasteiger partial charge in [0.05, 0.1) is 83.8 Å². The van der Waals surface area contributed by atoms with E-state index in [-0.39, 0.29) is 118 Å². The molecule has 8 unspecified atom stereocenters. The van der Waals surface area contributed by atoms with Crippen LogP contribution in [-0.4, -0.2) is 351 Å². The summed E-state index contributed by atoms with van der Waals surface area (Å²) in [7, 11) is 13.2. The van der Waals surface area contributed by atoms with Crippen LogP contribution in [0.5, 0.6) is 11.5 Å². The molecule has 2 rings (SSSR count). The molecular weight excluding hydrogens is 1660 g/mol. The molecule has 8 atom stereocenters. The Morgan fingerprint density at radius 2 is 0.750 bits per heavy atom. The number of carbonyl (C=O) groups is 12. The number of hydrogen-bond acceptors (Lipinski definition) is 25. The Kier molecular flexibility index (Phi) is 64.2. The van der Waals surface area contributed by atoms with E-state index in [4.69, 9.17) is 37.9 Å². The third kappa shape index (κ3) is 56.6. The van der Waals surface area contributed by atoms with Gasteiger partial charge >= 0.3 is 6.18 Å². The summed E-state index contributed by atoms with van der Waals surface area (Å²) in [6.45, 7) is 12.8. The summed E-state index contributed by atoms with van der Waals surface area (Å²) in [6, 6.07) is 17.3. The Morgan fingerprint density at radius 3 is 1.23 bits per heavy atom. The smallest absolute Gasteiger partial charge is 0.396 e. The number of unbranched alkanes of at least 4 members (excludes halogenated alkanes) is 7. The lowest BCUT2D eigenvalue weighted by Crippen LogP contribution is -2.43. The van der Waals surface area contributed by atoms with Crippen molar-refractivity contribution in [3.8, 4) is 11.5 Å². The van der Waals surface area contributed by atoms with Gasteiger partial charge in [-0.05, 0) is 71.7 Å². The molecule has 0 aromatic heterocycles. The van der Waals surface area contributed by atoms with Gasteiger partial charge in [0.1, 0.15) is 65.7 Å². The van der Waals surface area contributed by atoms with Crippen LogP contribution in [0.25, 0.3) is 0 Å². The first kappa shape index (κ1) is 116. The maximum absolute atomic E-state index is 15.4. The van der Waals surface area contributed by atoms with Crippen molar-refractivity contribution in [3.63, 3.8) is 0 Å². The molecular formula is C93H156F3N11O21. The number of ether oxygens (including phenoxy) is 8. The number of nitrogens with one attached hydrogen (secondary N) is 5. The van der Waals surface area contributed by atoms with Crippen molar-refractivity contribution in [2.45, 2.75) is 175 Å². The second kappa shape index (κ2) is 70.8. The van der Waals surface area contributed by atoms with E-state index >= 15 is 14.4 Å². The topological polar surface area (TPSA) is 378 Å². The van der Waals surface area contributed by atoms with E-state index in [2.05, 4.69) is 26.6 Å². The molecule has 7 amide bonds. The van der Waals surface area contributed by atoms with Gasteiger partial charge in [0, 0.05) is 215 Å². The molecule has 0 spiro atoms. The summed E-state index contributed by atoms with van der Waals surface area (Å²) in [6.07, 6.45) is -4.22. The number of alkyl halides is 3. The summed E-state index contributed by atoms with van der Waals surface area (Å²) in [5, 5.41) is 24.7. The van der Waals surface area contributed by atoms with Crippen LogP contribution in [0.2, 0.25) is 0 Å². The zero-order valence-corrected chi connectivity index (χ0v) is 78.8. The van der Waals surface area contributed by atoms with Crippen molar-refractivity contribution in [1.82, 2.24) is 56.0 Å². The fraction of sp³-hybridized carbons (Fsp3) is 0.742. The largest absolute Gasteiger partial charge is 0.493 e. The van der Waals surface area contributed by atoms with Gasteiger partial charge in [-0.25, -0.2) is 0 Å². The number of hydrogen-bond donors (Lipinski definition) is 6. The zero-order valence-electron chi connectivity index (χ0n) is 78.8. The molecule has 2 aromatic rings. The summed E-state index contributed by atoms with van der Waals surface area (Å²) in [5.41, 5.74) is 0. The van der Waals surface area contributed by atoms with Gasteiger partial charge in [-0.1, -0.05) is 109 Å². The van der Waals surface area contributed by atoms with Gasteiger partial charge in [-0.3, -0.25) is 57.5 Å². The molecule has 128 heavy (non-hydrogen) atoms. The number of nitrogens with zero attached hydrogens (tertiary/aromatic N) is 6. The average molecular weight is 1820 g/mol. The number of likely N-dealkylation sites (N-methyl/N-ethyl adjacent to an activating group) is 6. The number of para-hydroxylation sites is 2. The fourth-order valence-corrected chi connectivity index (χ4v) is 13.8. The highest BCUT2D eigenvalue weighted by Crippen LogP contribution is 2.30. The maximum atomic E-state index is 15.4. The fourth-order valence-electron chi connectivity index (χ4n) is 13.8. The number of halogens is 3. The summed E-state index contributed by atoms with van der Waals surface area (Å²) in [5.74, 6) is -16.4. The van der Waals surface area contributed by atoms with E-state index in [9.17, 15) is 61.4 Å². The van der Waals surface area contributed by atoms with Crippen LogP contribution in [0.1, 0.15) is 163 Å². The van der Waals surface area contributed by atoms with E-state index in [1.54, 1.807) is 82.7 Å². The molecule has 730 valence electrons. The summed E-state index contributed by atoms with van der Waals surface area (Å²) >= 11 is 0. The average Bonchev–Trinajstić information content (AvgIpc) is 0.860. The highest BCUT2D eigenvalue weighted by molar-refractivity contribution is 5.99. The molecule has 0 fully saturated rings. The number of benzene rings is 2. The van der Waals surface area contributed by atoms with Crippen molar-refractivity contribution in [2.75, 3.05) is 234 Å². The molecule has 0 aliphatic heterocycles. The van der Waals surface area contributed by atoms with Crippen LogP contribution in [0.15, 0.2) is 60.7 Å². The Hall–Kier alpha value is -7.97. The van der Waals surface area contributed by atoms with Crippen molar-refractivity contribution < 1.29 is 114 Å². The number of aliphatic hydroxyl groups excluding tert-OH is 1. The molecule has 0 aliphatic carbocycles. The van der Waals surface area contributed by atoms with Crippen molar-refractivity contribution in [1.29, 1.82) is 0 Å². The van der Waals surface area contributed by atoms with Crippen LogP contribution < -0.4 is 36.1 Å². The maximum Gasteiger partial charge on any atom is 0.396 e. The predicted molar refractivity (Wildman–Crippen MR) is 482 cm³/mol. The van der Waals surface area contributed by atoms with E-state index in [1.807, 2.05) is 62.9 Å². The molecule has 0 aliphatic rings. The normalized spacial score (nSPS) is 13.5. The highest BCUT2D eigenvalue weighted by atomic mass is 19.4. The monoisotopic (exact) mass is 1820 g/mol. The van der Waals surface area contributed by atoms with Crippen molar-refractivity contribution in [3.05, 3.63) is 60.7 Å². The van der Waals surface area contributed by atoms with E-state index in [0.29, 0.717) is 96.4 Å². The molecule has 0 saturated carbocycles. The molecule has 35 heteroatoms. The summed E-state index contributed by atoms with van der Waals surface area (Å²) in [4.78, 5) is 184. The minimum absolute atomic E-state index is 0.0103. The van der Waals surface area contributed by atoms with E-state index in [0.717, 1.165) is 38.5 Å². The van der Waals surface area contributed by atoms with Crippen molar-refractivity contribution >= 4 is 70.3 Å². The quantitative estimate of drug-likeness (QED) is 0.0360. The lowest BCUT2D eigenvalue weighted by atomic mass is 9.82. The van der Waals surface area contributed by atoms with Gasteiger partial charge in [0.25, 0.3) is 0 Å². The first-order valence-corrected chi connectivity index (χ1v) is 45.8. The third-order valence-corrected chi connectivity index (χ3v) is 21.8. The van der Waals surface area contributed by atoms with Crippen LogP contribution in [0.4, 0.5) is 13.2 Å². The minimum atomic E-state index is -4.58. The van der Waals surface area contributed by atoms with Gasteiger partial charge < -0.3 is 99.0 Å². The van der Waals surface area contributed by atoms with Crippen LogP contribution in [0.3, 0.4) is 0 Å². The lowest BCUT2D eigenvalue weighted by Gasteiger charge is -2.29. The Balaban J connectivity index is 2.69. The molecule has 32 nitrogen and oxygen atoms in total.